The second-order valence-electron chi connectivity index (χ2n) is 5.47. The number of carbonyl (C=O) groups is 2. The topological polar surface area (TPSA) is 156 Å². The predicted molar refractivity (Wildman–Crippen MR) is 84.7 cm³/mol. The van der Waals surface area contributed by atoms with Crippen LogP contribution in [0.2, 0.25) is 0 Å². The Labute approximate surface area is 136 Å². The number of aliphatic carboxylic acids is 2. The van der Waals surface area contributed by atoms with Gasteiger partial charge in [0.05, 0.1) is 13.2 Å². The monoisotopic (exact) mass is 338 g/mol. The standard InChI is InChI=1S/C6H14O2.C5H12O2.C4H4O4/c1-2-3-4-5-6(7)8;1-5(2,3-6)4-7;5-3(6)1-2-4(7)8/h6-8H,2-5H2,1H3;6-7H,3-4H2,1-2H3;1-2H,(H,5,6)(H,7,8). The van der Waals surface area contributed by atoms with Gasteiger partial charge in [-0.3, -0.25) is 0 Å². The molecule has 0 atom stereocenters. The molecule has 0 saturated heterocycles. The third kappa shape index (κ3) is 33.4. The van der Waals surface area contributed by atoms with Crippen molar-refractivity contribution >= 4 is 11.9 Å². The first-order valence-corrected chi connectivity index (χ1v) is 7.24. The first-order valence-electron chi connectivity index (χ1n) is 7.24. The van der Waals surface area contributed by atoms with E-state index in [-0.39, 0.29) is 18.6 Å². The largest absolute Gasteiger partial charge is 0.478 e. The maximum absolute atomic E-state index is 9.55. The van der Waals surface area contributed by atoms with Crippen LogP contribution in [0.4, 0.5) is 0 Å². The third-order valence-corrected chi connectivity index (χ3v) is 2.29. The molecule has 0 amide bonds. The molecule has 0 aliphatic carbocycles. The second-order valence-corrected chi connectivity index (χ2v) is 5.47. The Balaban J connectivity index is -0.000000262. The summed E-state index contributed by atoms with van der Waals surface area (Å²) in [4.78, 5) is 19.1. The fraction of sp³-hybridized carbons (Fsp3) is 0.733. The Kier molecular flexibility index (Phi) is 19.4. The van der Waals surface area contributed by atoms with Crippen molar-refractivity contribution in [2.45, 2.75) is 52.7 Å². The molecule has 8 heteroatoms. The van der Waals surface area contributed by atoms with Crippen molar-refractivity contribution < 1.29 is 40.2 Å². The Morgan fingerprint density at radius 2 is 1.35 bits per heavy atom. The highest BCUT2D eigenvalue weighted by atomic mass is 16.5. The maximum atomic E-state index is 9.55. The minimum absolute atomic E-state index is 0.0451. The van der Waals surface area contributed by atoms with E-state index in [1.807, 2.05) is 0 Å². The minimum Gasteiger partial charge on any atom is -0.478 e. The Hall–Kier alpha value is -1.48. The summed E-state index contributed by atoms with van der Waals surface area (Å²) in [6, 6.07) is 0. The second kappa shape index (κ2) is 16.9. The molecule has 0 aromatic rings. The zero-order valence-corrected chi connectivity index (χ0v) is 14.0. The van der Waals surface area contributed by atoms with E-state index in [0.29, 0.717) is 18.6 Å². The number of unbranched alkanes of at least 4 members (excludes halogenated alkanes) is 2. The van der Waals surface area contributed by atoms with Crippen LogP contribution in [0.5, 0.6) is 0 Å². The van der Waals surface area contributed by atoms with Crippen LogP contribution in [0.3, 0.4) is 0 Å². The van der Waals surface area contributed by atoms with Crippen molar-refractivity contribution in [3.05, 3.63) is 12.2 Å². The van der Waals surface area contributed by atoms with Gasteiger partial charge in [-0.25, -0.2) is 9.59 Å². The lowest BCUT2D eigenvalue weighted by Gasteiger charge is -2.16. The smallest absolute Gasteiger partial charge is 0.328 e. The van der Waals surface area contributed by atoms with Gasteiger partial charge in [0.15, 0.2) is 6.29 Å². The zero-order valence-electron chi connectivity index (χ0n) is 14.0. The Morgan fingerprint density at radius 3 is 1.52 bits per heavy atom. The summed E-state index contributed by atoms with van der Waals surface area (Å²) in [6.45, 7) is 5.77. The average Bonchev–Trinajstić information content (AvgIpc) is 2.46. The van der Waals surface area contributed by atoms with E-state index < -0.39 is 18.2 Å². The number of carboxylic acid groups (broad SMARTS) is 2. The molecule has 23 heavy (non-hydrogen) atoms. The van der Waals surface area contributed by atoms with Crippen LogP contribution in [0, 0.1) is 5.41 Å². The third-order valence-electron chi connectivity index (χ3n) is 2.29. The van der Waals surface area contributed by atoms with Crippen molar-refractivity contribution in [1.29, 1.82) is 0 Å². The van der Waals surface area contributed by atoms with Gasteiger partial charge in [0.1, 0.15) is 0 Å². The fourth-order valence-corrected chi connectivity index (χ4v) is 0.769. The zero-order chi connectivity index (χ0) is 18.9. The van der Waals surface area contributed by atoms with Crippen LogP contribution in [-0.2, 0) is 9.59 Å². The van der Waals surface area contributed by atoms with E-state index in [4.69, 9.17) is 30.6 Å². The molecule has 0 rings (SSSR count). The quantitative estimate of drug-likeness (QED) is 0.213. The molecular formula is C15H30O8. The summed E-state index contributed by atoms with van der Waals surface area (Å²) >= 11 is 0. The molecule has 138 valence electrons. The Morgan fingerprint density at radius 1 is 0.957 bits per heavy atom. The number of rotatable bonds is 8. The van der Waals surface area contributed by atoms with Gasteiger partial charge in [-0.1, -0.05) is 33.6 Å². The molecule has 0 fully saturated rings. The van der Waals surface area contributed by atoms with Crippen LogP contribution < -0.4 is 0 Å². The van der Waals surface area contributed by atoms with Crippen molar-refractivity contribution in [1.82, 2.24) is 0 Å². The molecule has 0 aromatic carbocycles. The van der Waals surface area contributed by atoms with E-state index >= 15 is 0 Å². The fourth-order valence-electron chi connectivity index (χ4n) is 0.769. The molecule has 0 aromatic heterocycles. The van der Waals surface area contributed by atoms with Gasteiger partial charge in [0.2, 0.25) is 0 Å². The Bertz CT molecular complexity index is 301. The van der Waals surface area contributed by atoms with Gasteiger partial charge >= 0.3 is 11.9 Å². The van der Waals surface area contributed by atoms with Gasteiger partial charge in [-0.15, -0.1) is 0 Å². The molecule has 0 spiro atoms. The number of aliphatic hydroxyl groups is 4. The number of hydrogen-bond donors (Lipinski definition) is 6. The summed E-state index contributed by atoms with van der Waals surface area (Å²) in [5, 5.41) is 49.2. The van der Waals surface area contributed by atoms with Gasteiger partial charge in [-0.05, 0) is 12.8 Å². The number of carboxylic acids is 2. The first kappa shape index (κ1) is 26.4. The molecule has 0 bridgehead atoms. The minimum atomic E-state index is -1.26. The summed E-state index contributed by atoms with van der Waals surface area (Å²) in [6.07, 6.45) is 3.69. The lowest BCUT2D eigenvalue weighted by molar-refractivity contribution is -0.134. The molecule has 0 saturated carbocycles. The summed E-state index contributed by atoms with van der Waals surface area (Å²) in [7, 11) is 0. The van der Waals surface area contributed by atoms with E-state index in [2.05, 4.69) is 6.92 Å². The molecule has 0 radical (unpaired) electrons. The van der Waals surface area contributed by atoms with E-state index in [0.717, 1.165) is 19.3 Å². The van der Waals surface area contributed by atoms with Gasteiger partial charge in [-0.2, -0.15) is 0 Å². The molecule has 0 heterocycles. The van der Waals surface area contributed by atoms with E-state index in [1.165, 1.54) is 0 Å². The van der Waals surface area contributed by atoms with Crippen molar-refractivity contribution in [3.8, 4) is 0 Å². The highest BCUT2D eigenvalue weighted by molar-refractivity contribution is 5.89. The first-order chi connectivity index (χ1) is 10.5. The lowest BCUT2D eigenvalue weighted by Crippen LogP contribution is -2.20. The van der Waals surface area contributed by atoms with Crippen molar-refractivity contribution in [2.24, 2.45) is 5.41 Å². The van der Waals surface area contributed by atoms with Crippen LogP contribution in [0.1, 0.15) is 46.5 Å². The van der Waals surface area contributed by atoms with Gasteiger partial charge in [0, 0.05) is 17.6 Å². The molecule has 8 nitrogen and oxygen atoms in total. The van der Waals surface area contributed by atoms with Crippen molar-refractivity contribution in [2.75, 3.05) is 13.2 Å². The van der Waals surface area contributed by atoms with Crippen LogP contribution in [-0.4, -0.2) is 62.1 Å². The van der Waals surface area contributed by atoms with Crippen LogP contribution in [0.15, 0.2) is 12.2 Å². The van der Waals surface area contributed by atoms with Crippen LogP contribution >= 0.6 is 0 Å². The number of hydrogen-bond acceptors (Lipinski definition) is 6. The lowest BCUT2D eigenvalue weighted by atomic mass is 9.97. The number of aliphatic hydroxyl groups excluding tert-OH is 3. The molecule has 0 aliphatic rings. The summed E-state index contributed by atoms with van der Waals surface area (Å²) in [5.74, 6) is -2.51. The highest BCUT2D eigenvalue weighted by Crippen LogP contribution is 2.10. The summed E-state index contributed by atoms with van der Waals surface area (Å²) < 4.78 is 0. The molecule has 6 N–H and O–H groups in total. The predicted octanol–water partition coefficient (Wildman–Crippen LogP) is 0.586. The van der Waals surface area contributed by atoms with Crippen molar-refractivity contribution in [3.63, 3.8) is 0 Å². The van der Waals surface area contributed by atoms with E-state index in [1.54, 1.807) is 13.8 Å². The SMILES string of the molecule is CC(C)(CO)CO.CCCCCC(O)O.O=C(O)C=CC(=O)O. The van der Waals surface area contributed by atoms with E-state index in [9.17, 15) is 9.59 Å². The van der Waals surface area contributed by atoms with Gasteiger partial charge < -0.3 is 30.6 Å². The molecule has 0 aliphatic heterocycles. The normalized spacial score (nSPS) is 10.6. The maximum Gasteiger partial charge on any atom is 0.328 e. The highest BCUT2D eigenvalue weighted by Gasteiger charge is 2.13. The molecule has 0 unspecified atom stereocenters. The van der Waals surface area contributed by atoms with Gasteiger partial charge in [0.25, 0.3) is 0 Å². The summed E-state index contributed by atoms with van der Waals surface area (Å²) in [5.41, 5.74) is -0.306. The average molecular weight is 338 g/mol. The van der Waals surface area contributed by atoms with Crippen LogP contribution in [0.25, 0.3) is 0 Å². The molecular weight excluding hydrogens is 308 g/mol.